The molecule has 118 valence electrons. The summed E-state index contributed by atoms with van der Waals surface area (Å²) in [6.07, 6.45) is 3.69. The third kappa shape index (κ3) is 3.26. The lowest BCUT2D eigenvalue weighted by molar-refractivity contribution is -0.115. The summed E-state index contributed by atoms with van der Waals surface area (Å²) >= 11 is 0. The minimum absolute atomic E-state index is 0.0184. The van der Waals surface area contributed by atoms with Gasteiger partial charge in [0, 0.05) is 34.7 Å². The molecular weight excluding hydrogens is 286 g/mol. The quantitative estimate of drug-likeness (QED) is 0.760. The van der Waals surface area contributed by atoms with E-state index in [2.05, 4.69) is 47.3 Å². The van der Waals surface area contributed by atoms with Crippen molar-refractivity contribution in [2.45, 2.75) is 33.1 Å². The Morgan fingerprint density at radius 3 is 2.65 bits per heavy atom. The second-order valence-electron chi connectivity index (χ2n) is 6.15. The summed E-state index contributed by atoms with van der Waals surface area (Å²) in [5.41, 5.74) is 5.25. The number of benzene rings is 1. The maximum absolute atomic E-state index is 12.3. The number of aryl methyl sites for hydroxylation is 1. The van der Waals surface area contributed by atoms with Crippen LogP contribution in [0, 0.1) is 6.92 Å². The van der Waals surface area contributed by atoms with Crippen LogP contribution in [0.5, 0.6) is 0 Å². The van der Waals surface area contributed by atoms with Gasteiger partial charge in [-0.15, -0.1) is 0 Å². The molecule has 2 heterocycles. The van der Waals surface area contributed by atoms with Crippen molar-refractivity contribution < 1.29 is 4.79 Å². The zero-order valence-corrected chi connectivity index (χ0v) is 13.7. The lowest BCUT2D eigenvalue weighted by Gasteiger charge is -2.07. The van der Waals surface area contributed by atoms with Crippen LogP contribution in [0.15, 0.2) is 42.7 Å². The van der Waals surface area contributed by atoms with Crippen molar-refractivity contribution in [2.24, 2.45) is 0 Å². The van der Waals surface area contributed by atoms with Crippen LogP contribution in [0.1, 0.15) is 36.6 Å². The zero-order valence-electron chi connectivity index (χ0n) is 13.7. The van der Waals surface area contributed by atoms with E-state index in [1.807, 2.05) is 6.92 Å². The number of hydrogen-bond donors (Lipinski definition) is 2. The summed E-state index contributed by atoms with van der Waals surface area (Å²) in [7, 11) is 0. The molecule has 3 aromatic rings. The Balaban J connectivity index is 1.88. The molecule has 23 heavy (non-hydrogen) atoms. The first-order chi connectivity index (χ1) is 11.0. The van der Waals surface area contributed by atoms with Crippen LogP contribution in [0.25, 0.3) is 10.9 Å². The van der Waals surface area contributed by atoms with Crippen molar-refractivity contribution in [2.75, 3.05) is 5.32 Å². The maximum Gasteiger partial charge on any atom is 0.228 e. The third-order valence-electron chi connectivity index (χ3n) is 4.11. The highest BCUT2D eigenvalue weighted by atomic mass is 16.1. The van der Waals surface area contributed by atoms with Gasteiger partial charge in [-0.2, -0.15) is 0 Å². The summed E-state index contributed by atoms with van der Waals surface area (Å²) in [5, 5.41) is 4.05. The van der Waals surface area contributed by atoms with Crippen LogP contribution in [0.4, 0.5) is 5.69 Å². The smallest absolute Gasteiger partial charge is 0.228 e. The van der Waals surface area contributed by atoms with Crippen molar-refractivity contribution in [3.8, 4) is 0 Å². The van der Waals surface area contributed by atoms with E-state index in [-0.39, 0.29) is 5.91 Å². The number of anilines is 1. The normalized spacial score (nSPS) is 11.1. The van der Waals surface area contributed by atoms with Crippen molar-refractivity contribution in [3.63, 3.8) is 0 Å². The van der Waals surface area contributed by atoms with Crippen LogP contribution >= 0.6 is 0 Å². The number of carbonyl (C=O) groups is 1. The van der Waals surface area contributed by atoms with Crippen molar-refractivity contribution in [1.29, 1.82) is 0 Å². The Morgan fingerprint density at radius 1 is 1.22 bits per heavy atom. The highest BCUT2D eigenvalue weighted by molar-refractivity contribution is 5.96. The molecule has 4 heteroatoms. The van der Waals surface area contributed by atoms with Gasteiger partial charge in [0.2, 0.25) is 5.91 Å². The van der Waals surface area contributed by atoms with Gasteiger partial charge in [0.25, 0.3) is 0 Å². The molecule has 0 unspecified atom stereocenters. The van der Waals surface area contributed by atoms with Crippen LogP contribution in [0.2, 0.25) is 0 Å². The molecule has 2 N–H and O–H groups in total. The van der Waals surface area contributed by atoms with Crippen molar-refractivity contribution in [3.05, 3.63) is 59.5 Å². The molecule has 0 saturated heterocycles. The lowest BCUT2D eigenvalue weighted by Crippen LogP contribution is -2.14. The first-order valence-corrected chi connectivity index (χ1v) is 7.85. The van der Waals surface area contributed by atoms with E-state index < -0.39 is 0 Å². The molecule has 0 spiro atoms. The van der Waals surface area contributed by atoms with E-state index >= 15 is 0 Å². The van der Waals surface area contributed by atoms with Crippen LogP contribution in [0.3, 0.4) is 0 Å². The SMILES string of the molecule is Cc1[nH]c2ccc(C(C)C)cc2c1CC(=O)Nc1ccncc1. The first kappa shape index (κ1) is 15.3. The fourth-order valence-electron chi connectivity index (χ4n) is 2.79. The van der Waals surface area contributed by atoms with E-state index in [0.29, 0.717) is 12.3 Å². The van der Waals surface area contributed by atoms with Gasteiger partial charge in [-0.05, 0) is 48.2 Å². The number of nitrogens with zero attached hydrogens (tertiary/aromatic N) is 1. The molecule has 3 rings (SSSR count). The summed E-state index contributed by atoms with van der Waals surface area (Å²) in [6.45, 7) is 6.37. The molecule has 0 saturated carbocycles. The second kappa shape index (κ2) is 6.24. The zero-order chi connectivity index (χ0) is 16.4. The molecular formula is C19H21N3O. The number of aromatic amines is 1. The fourth-order valence-corrected chi connectivity index (χ4v) is 2.79. The lowest BCUT2D eigenvalue weighted by atomic mass is 9.99. The predicted octanol–water partition coefficient (Wildman–Crippen LogP) is 4.18. The van der Waals surface area contributed by atoms with Gasteiger partial charge >= 0.3 is 0 Å². The topological polar surface area (TPSA) is 57.8 Å². The fraction of sp³-hybridized carbons (Fsp3) is 0.263. The molecule has 0 bridgehead atoms. The van der Waals surface area contributed by atoms with Gasteiger partial charge in [0.1, 0.15) is 0 Å². The monoisotopic (exact) mass is 307 g/mol. The minimum Gasteiger partial charge on any atom is -0.358 e. The number of nitrogens with one attached hydrogen (secondary N) is 2. The van der Waals surface area contributed by atoms with Gasteiger partial charge in [-0.3, -0.25) is 9.78 Å². The maximum atomic E-state index is 12.3. The van der Waals surface area contributed by atoms with E-state index in [0.717, 1.165) is 27.8 Å². The highest BCUT2D eigenvalue weighted by Crippen LogP contribution is 2.27. The second-order valence-corrected chi connectivity index (χ2v) is 6.15. The number of fused-ring (bicyclic) bond motifs is 1. The largest absolute Gasteiger partial charge is 0.358 e. The highest BCUT2D eigenvalue weighted by Gasteiger charge is 2.14. The minimum atomic E-state index is -0.0184. The summed E-state index contributed by atoms with van der Waals surface area (Å²) < 4.78 is 0. The average Bonchev–Trinajstić information content (AvgIpc) is 2.83. The molecule has 1 amide bonds. The van der Waals surface area contributed by atoms with Gasteiger partial charge < -0.3 is 10.3 Å². The van der Waals surface area contributed by atoms with Crippen molar-refractivity contribution >= 4 is 22.5 Å². The van der Waals surface area contributed by atoms with E-state index in [9.17, 15) is 4.79 Å². The summed E-state index contributed by atoms with van der Waals surface area (Å²) in [5.74, 6) is 0.447. The van der Waals surface area contributed by atoms with E-state index in [1.165, 1.54) is 5.56 Å². The molecule has 0 aliphatic heterocycles. The molecule has 0 aliphatic rings. The van der Waals surface area contributed by atoms with E-state index in [1.54, 1.807) is 24.5 Å². The molecule has 0 aliphatic carbocycles. The Labute approximate surface area is 136 Å². The molecule has 2 aromatic heterocycles. The number of hydrogen-bond acceptors (Lipinski definition) is 2. The van der Waals surface area contributed by atoms with Gasteiger partial charge in [-0.25, -0.2) is 0 Å². The van der Waals surface area contributed by atoms with Crippen LogP contribution in [-0.2, 0) is 11.2 Å². The van der Waals surface area contributed by atoms with Gasteiger partial charge in [0.15, 0.2) is 0 Å². The van der Waals surface area contributed by atoms with Crippen molar-refractivity contribution in [1.82, 2.24) is 9.97 Å². The number of aromatic nitrogens is 2. The number of carbonyl (C=O) groups excluding carboxylic acids is 1. The van der Waals surface area contributed by atoms with Gasteiger partial charge in [-0.1, -0.05) is 19.9 Å². The van der Waals surface area contributed by atoms with Crippen LogP contribution < -0.4 is 5.32 Å². The molecule has 0 fully saturated rings. The van der Waals surface area contributed by atoms with Gasteiger partial charge in [0.05, 0.1) is 6.42 Å². The molecule has 4 nitrogen and oxygen atoms in total. The van der Waals surface area contributed by atoms with E-state index in [4.69, 9.17) is 0 Å². The summed E-state index contributed by atoms with van der Waals surface area (Å²) in [6, 6.07) is 10.0. The number of amides is 1. The Morgan fingerprint density at radius 2 is 1.96 bits per heavy atom. The standard InChI is InChI=1S/C19H21N3O/c1-12(2)14-4-5-18-17(10-14)16(13(3)21-18)11-19(23)22-15-6-8-20-9-7-15/h4-10,12,21H,11H2,1-3H3,(H,20,22,23). The number of rotatable bonds is 4. The Hall–Kier alpha value is -2.62. The molecule has 0 radical (unpaired) electrons. The predicted molar refractivity (Wildman–Crippen MR) is 93.7 cm³/mol. The number of H-pyrrole nitrogens is 1. The Kier molecular flexibility index (Phi) is 4.15. The van der Waals surface area contributed by atoms with Crippen LogP contribution in [-0.4, -0.2) is 15.9 Å². The third-order valence-corrected chi connectivity index (χ3v) is 4.11. The summed E-state index contributed by atoms with van der Waals surface area (Å²) in [4.78, 5) is 19.7. The first-order valence-electron chi connectivity index (χ1n) is 7.85. The molecule has 0 atom stereocenters. The molecule has 1 aromatic carbocycles. The number of pyridine rings is 1. The Bertz CT molecular complexity index is 834. The average molecular weight is 307 g/mol.